The van der Waals surface area contributed by atoms with Gasteiger partial charge < -0.3 is 17.4 Å². The zero-order valence-electron chi connectivity index (χ0n) is 19.6. The van der Waals surface area contributed by atoms with E-state index in [-0.39, 0.29) is 0 Å². The quantitative estimate of drug-likeness (QED) is 0.223. The third kappa shape index (κ3) is 10.3. The number of aromatic nitrogens is 1. The number of hydrogen-bond donors (Lipinski definition) is 0. The molecule has 1 unspecified atom stereocenters. The van der Waals surface area contributed by atoms with Crippen molar-refractivity contribution in [3.05, 3.63) is 34.2 Å². The van der Waals surface area contributed by atoms with E-state index in [1.165, 1.54) is 12.0 Å². The maximum Gasteiger partial charge on any atom is 0.500 e. The van der Waals surface area contributed by atoms with Gasteiger partial charge in [-0.15, -0.1) is 0 Å². The minimum atomic E-state index is -6.72. The molecular formula is C17H28F6N2O7S2Si. The van der Waals surface area contributed by atoms with Gasteiger partial charge in [0.2, 0.25) is 0 Å². The van der Waals surface area contributed by atoms with Gasteiger partial charge >= 0.3 is 19.8 Å². The van der Waals surface area contributed by atoms with Gasteiger partial charge in [0.25, 0.3) is 0 Å². The predicted molar refractivity (Wildman–Crippen MR) is 115 cm³/mol. The van der Waals surface area contributed by atoms with Crippen LogP contribution in [-0.2, 0) is 39.9 Å². The molecule has 0 saturated heterocycles. The highest BCUT2D eigenvalue weighted by Crippen LogP contribution is 2.36. The van der Waals surface area contributed by atoms with E-state index in [1.807, 2.05) is 0 Å². The Morgan fingerprint density at radius 2 is 1.31 bits per heavy atom. The maximum absolute atomic E-state index is 11.4. The third-order valence-electron chi connectivity index (χ3n) is 4.71. The molecule has 0 radical (unpaired) electrons. The van der Waals surface area contributed by atoms with Crippen molar-refractivity contribution in [2.45, 2.75) is 56.2 Å². The van der Waals surface area contributed by atoms with E-state index >= 15 is 0 Å². The Bertz CT molecular complexity index is 933. The number of alkyl halides is 6. The lowest BCUT2D eigenvalue weighted by molar-refractivity contribution is -0.697. The molecule has 1 rings (SSSR count). The van der Waals surface area contributed by atoms with Crippen LogP contribution >= 0.6 is 0 Å². The van der Waals surface area contributed by atoms with Gasteiger partial charge in [0.15, 0.2) is 32.4 Å². The van der Waals surface area contributed by atoms with Gasteiger partial charge in [0.05, 0.1) is 0 Å². The van der Waals surface area contributed by atoms with Crippen LogP contribution in [0.1, 0.15) is 38.2 Å². The van der Waals surface area contributed by atoms with E-state index in [0.717, 1.165) is 23.1 Å². The van der Waals surface area contributed by atoms with Crippen molar-refractivity contribution in [2.24, 2.45) is 0 Å². The van der Waals surface area contributed by atoms with Crippen LogP contribution in [0.15, 0.2) is 24.5 Å². The molecule has 0 spiro atoms. The number of aryl methyl sites for hydroxylation is 1. The number of pyridine rings is 1. The van der Waals surface area contributed by atoms with Gasteiger partial charge in [0, 0.05) is 45.9 Å². The van der Waals surface area contributed by atoms with Crippen molar-refractivity contribution < 1.29 is 61.0 Å². The lowest BCUT2D eigenvalue weighted by Gasteiger charge is -2.23. The molecule has 0 aliphatic carbocycles. The number of rotatable bonds is 11. The molecular weight excluding hydrogens is 550 g/mol. The molecule has 0 bridgehead atoms. The zero-order chi connectivity index (χ0) is 27.7. The van der Waals surface area contributed by atoms with Crippen LogP contribution in [0.5, 0.6) is 0 Å². The first-order valence-corrected chi connectivity index (χ1v) is 14.6. The predicted octanol–water partition coefficient (Wildman–Crippen LogP) is 3.82. The average Bonchev–Trinajstić information content (AvgIpc) is 2.75. The molecule has 35 heavy (non-hydrogen) atoms. The first-order chi connectivity index (χ1) is 15.8. The number of nitrogens with zero attached hydrogens (tertiary/aromatic N) is 2. The largest absolute Gasteiger partial charge is 0.500 e. The molecule has 0 saturated carbocycles. The topological polar surface area (TPSA) is 114 Å². The van der Waals surface area contributed by atoms with Crippen molar-refractivity contribution in [2.75, 3.05) is 21.3 Å². The van der Waals surface area contributed by atoms with E-state index in [4.69, 9.17) is 13.3 Å². The normalized spacial score (nSPS) is 14.3. The van der Waals surface area contributed by atoms with E-state index in [1.54, 1.807) is 21.3 Å². The molecule has 0 aromatic carbocycles. The Labute approximate surface area is 201 Å². The Morgan fingerprint density at radius 1 is 0.914 bits per heavy atom. The summed E-state index contributed by atoms with van der Waals surface area (Å²) >= 11 is 0. The van der Waals surface area contributed by atoms with E-state index < -0.39 is 39.9 Å². The highest BCUT2D eigenvalue weighted by molar-refractivity contribution is 8.13. The number of halogens is 6. The summed E-state index contributed by atoms with van der Waals surface area (Å²) in [4.78, 5) is 0. The molecule has 206 valence electrons. The van der Waals surface area contributed by atoms with Crippen LogP contribution in [0.2, 0.25) is 6.04 Å². The molecule has 1 aromatic rings. The van der Waals surface area contributed by atoms with Crippen LogP contribution in [0.25, 0.3) is 4.13 Å². The first-order valence-electron chi connectivity index (χ1n) is 9.82. The molecule has 0 aliphatic heterocycles. The Hall–Kier alpha value is -1.31. The average molecular weight is 579 g/mol. The fraction of sp³-hybridized carbons (Fsp3) is 0.706. The molecule has 9 nitrogen and oxygen atoms in total. The highest BCUT2D eigenvalue weighted by Gasteiger charge is 2.47. The van der Waals surface area contributed by atoms with Gasteiger partial charge in [0.1, 0.15) is 6.54 Å². The lowest BCUT2D eigenvalue weighted by atomic mass is 10.0. The van der Waals surface area contributed by atoms with Gasteiger partial charge in [-0.1, -0.05) is 13.8 Å². The summed E-state index contributed by atoms with van der Waals surface area (Å²) in [6.45, 7) is 5.43. The summed E-state index contributed by atoms with van der Waals surface area (Å²) in [5.74, 6) is 0.625. The Balaban J connectivity index is 0.000000691. The fourth-order valence-electron chi connectivity index (χ4n) is 2.43. The summed E-state index contributed by atoms with van der Waals surface area (Å²) in [6.07, 6.45) is 6.46. The van der Waals surface area contributed by atoms with Crippen LogP contribution in [0, 0.1) is 0 Å². The Morgan fingerprint density at radius 3 is 1.63 bits per heavy atom. The summed E-state index contributed by atoms with van der Waals surface area (Å²) in [7, 11) is -10.9. The van der Waals surface area contributed by atoms with Crippen LogP contribution < -0.4 is 4.57 Å². The van der Waals surface area contributed by atoms with Crippen LogP contribution in [-0.4, -0.2) is 58.0 Å². The van der Waals surface area contributed by atoms with Crippen LogP contribution in [0.4, 0.5) is 26.3 Å². The minimum absolute atomic E-state index is 0.625. The molecule has 0 N–H and O–H groups in total. The number of sulfonamides is 2. The summed E-state index contributed by atoms with van der Waals surface area (Å²) in [6, 6.07) is 5.25. The molecule has 0 fully saturated rings. The SMILES string of the molecule is CCC(C)c1cc[n+](CCC[Si](OC)(OC)OC)cc1.O=S(=O)([N-]S(=O)(=O)C(F)(F)F)C(F)(F)F. The minimum Gasteiger partial charge on any atom is -0.421 e. The summed E-state index contributed by atoms with van der Waals surface area (Å²) < 4.78 is 128. The second-order valence-corrected chi connectivity index (χ2v) is 13.5. The smallest absolute Gasteiger partial charge is 0.421 e. The molecule has 1 heterocycles. The van der Waals surface area contributed by atoms with E-state index in [9.17, 15) is 43.2 Å². The van der Waals surface area contributed by atoms with Crippen molar-refractivity contribution in [1.29, 1.82) is 0 Å². The standard InChI is InChI=1S/C15H28NO3Si.C2F6NO4S2/c1-6-14(2)15-8-11-16(12-9-15)10-7-13-20(17-3,18-4)19-5;3-1(4,5)14(10,11)9-15(12,13)2(6,7)8/h8-9,11-12,14H,6-7,10,13H2,1-5H3;/q+1;-1. The molecule has 0 amide bonds. The van der Waals surface area contributed by atoms with Gasteiger partial charge in [-0.3, -0.25) is 0 Å². The second-order valence-electron chi connectivity index (χ2n) is 6.99. The molecule has 1 atom stereocenters. The second kappa shape index (κ2) is 13.3. The maximum atomic E-state index is 11.4. The Kier molecular flexibility index (Phi) is 12.8. The van der Waals surface area contributed by atoms with E-state index in [2.05, 4.69) is 42.9 Å². The number of hydrogen-bond acceptors (Lipinski definition) is 7. The molecule has 1 aromatic heterocycles. The lowest BCUT2D eigenvalue weighted by Crippen LogP contribution is -2.44. The third-order valence-corrected chi connectivity index (χ3v) is 10.3. The highest BCUT2D eigenvalue weighted by atomic mass is 32.3. The monoisotopic (exact) mass is 578 g/mol. The summed E-state index contributed by atoms with van der Waals surface area (Å²) in [5.41, 5.74) is -11.0. The van der Waals surface area contributed by atoms with Gasteiger partial charge in [-0.05, 0) is 17.9 Å². The molecule has 0 aliphatic rings. The van der Waals surface area contributed by atoms with Crippen molar-refractivity contribution in [1.82, 2.24) is 0 Å². The first kappa shape index (κ1) is 33.7. The molecule has 18 heteroatoms. The van der Waals surface area contributed by atoms with Gasteiger partial charge in [-0.25, -0.2) is 21.4 Å². The zero-order valence-corrected chi connectivity index (χ0v) is 22.2. The van der Waals surface area contributed by atoms with E-state index in [0.29, 0.717) is 5.92 Å². The fourth-order valence-corrected chi connectivity index (χ4v) is 5.84. The summed E-state index contributed by atoms with van der Waals surface area (Å²) in [5, 5.41) is 0. The van der Waals surface area contributed by atoms with Crippen LogP contribution in [0.3, 0.4) is 0 Å². The van der Waals surface area contributed by atoms with Crippen molar-refractivity contribution in [3.8, 4) is 0 Å². The van der Waals surface area contributed by atoms with Gasteiger partial charge in [-0.2, -0.15) is 26.3 Å². The van der Waals surface area contributed by atoms with Crippen molar-refractivity contribution in [3.63, 3.8) is 0 Å². The van der Waals surface area contributed by atoms with Crippen molar-refractivity contribution >= 4 is 28.9 Å².